The molecule has 0 radical (unpaired) electrons. The molecular weight excluding hydrogens is 1160 g/mol. The van der Waals surface area contributed by atoms with E-state index in [4.69, 9.17) is 37.0 Å². The first kappa shape index (κ1) is 86.1. The molecule has 0 spiro atoms. The number of carbonyl (C=O) groups is 4. The fourth-order valence-electron chi connectivity index (χ4n) is 10.3. The van der Waals surface area contributed by atoms with Crippen LogP contribution in [0.1, 0.15) is 344 Å². The second-order valence-electron chi connectivity index (χ2n) is 26.1. The first-order valence-electron chi connectivity index (χ1n) is 35.9. The predicted octanol–water partition coefficient (Wildman–Crippen LogP) is 19.5. The summed E-state index contributed by atoms with van der Waals surface area (Å²) in [6.45, 7) is 11.8. The molecule has 0 heterocycles. The molecule has 0 rings (SSSR count). The van der Waals surface area contributed by atoms with Crippen LogP contribution in [0.15, 0.2) is 0 Å². The van der Waals surface area contributed by atoms with Gasteiger partial charge in [0.15, 0.2) is 12.2 Å². The molecular formula is C69H134O17P2. The molecule has 17 nitrogen and oxygen atoms in total. The lowest BCUT2D eigenvalue weighted by Gasteiger charge is -2.21. The third kappa shape index (κ3) is 61.6. The number of phosphoric acid groups is 2. The first-order valence-corrected chi connectivity index (χ1v) is 38.9. The normalized spacial score (nSPS) is 14.5. The molecule has 6 atom stereocenters. The summed E-state index contributed by atoms with van der Waals surface area (Å²) in [6, 6.07) is 0. The molecule has 0 saturated heterocycles. The maximum Gasteiger partial charge on any atom is 0.472 e. The van der Waals surface area contributed by atoms with Gasteiger partial charge in [0, 0.05) is 25.7 Å². The van der Waals surface area contributed by atoms with Gasteiger partial charge in [-0.05, 0) is 43.4 Å². The number of hydrogen-bond acceptors (Lipinski definition) is 15. The second-order valence-corrected chi connectivity index (χ2v) is 29.0. The van der Waals surface area contributed by atoms with Gasteiger partial charge in [-0.1, -0.05) is 292 Å². The van der Waals surface area contributed by atoms with E-state index in [0.717, 1.165) is 108 Å². The molecule has 0 aromatic carbocycles. The zero-order valence-electron chi connectivity index (χ0n) is 57.2. The third-order valence-corrected chi connectivity index (χ3v) is 18.1. The highest BCUT2D eigenvalue weighted by molar-refractivity contribution is 7.47. The van der Waals surface area contributed by atoms with Crippen LogP contribution in [0, 0.1) is 17.8 Å². The number of aliphatic hydroxyl groups is 1. The number of hydrogen-bond donors (Lipinski definition) is 3. The fourth-order valence-corrected chi connectivity index (χ4v) is 11.9. The smallest absolute Gasteiger partial charge is 0.462 e. The van der Waals surface area contributed by atoms with Gasteiger partial charge in [0.2, 0.25) is 0 Å². The number of phosphoric ester groups is 2. The van der Waals surface area contributed by atoms with Crippen LogP contribution < -0.4 is 0 Å². The van der Waals surface area contributed by atoms with Gasteiger partial charge in [0.05, 0.1) is 26.4 Å². The van der Waals surface area contributed by atoms with Crippen molar-refractivity contribution in [2.75, 3.05) is 39.6 Å². The lowest BCUT2D eigenvalue weighted by Crippen LogP contribution is -2.30. The largest absolute Gasteiger partial charge is 0.472 e. The summed E-state index contributed by atoms with van der Waals surface area (Å²) in [5.41, 5.74) is 0. The van der Waals surface area contributed by atoms with Gasteiger partial charge in [-0.25, -0.2) is 9.13 Å². The molecule has 3 unspecified atom stereocenters. The lowest BCUT2D eigenvalue weighted by molar-refractivity contribution is -0.161. The van der Waals surface area contributed by atoms with Crippen LogP contribution in [0.4, 0.5) is 0 Å². The molecule has 0 aliphatic carbocycles. The summed E-state index contributed by atoms with van der Waals surface area (Å²) in [5.74, 6) is 0.136. The molecule has 0 aromatic heterocycles. The molecule has 0 aliphatic heterocycles. The monoisotopic (exact) mass is 1300 g/mol. The zero-order chi connectivity index (χ0) is 65.2. The van der Waals surface area contributed by atoms with Crippen molar-refractivity contribution in [3.05, 3.63) is 0 Å². The van der Waals surface area contributed by atoms with Gasteiger partial charge in [0.25, 0.3) is 0 Å². The van der Waals surface area contributed by atoms with Crippen LogP contribution in [0.3, 0.4) is 0 Å². The minimum Gasteiger partial charge on any atom is -0.462 e. The Labute approximate surface area is 537 Å². The fraction of sp³-hybridized carbons (Fsp3) is 0.942. The Bertz CT molecular complexity index is 1730. The SMILES string of the molecule is CCCCCCCCCCCCCC(=O)OC[C@H](COP(=O)(O)OC[C@H](O)COP(=O)(O)OC[C@@H](COC(=O)CCCCCCCCCCCC(C)C)OC(=O)CCCCCCCCCCCCC(C)CC)OC(=O)CCCCCCCCCCC(C)C. The van der Waals surface area contributed by atoms with Gasteiger partial charge >= 0.3 is 39.5 Å². The molecule has 0 bridgehead atoms. The van der Waals surface area contributed by atoms with Crippen molar-refractivity contribution >= 4 is 39.5 Å². The maximum absolute atomic E-state index is 13.0. The number of ether oxygens (including phenoxy) is 4. The molecule has 0 saturated carbocycles. The van der Waals surface area contributed by atoms with Crippen molar-refractivity contribution in [1.29, 1.82) is 0 Å². The van der Waals surface area contributed by atoms with E-state index in [2.05, 4.69) is 48.5 Å². The highest BCUT2D eigenvalue weighted by Gasteiger charge is 2.30. The number of rotatable bonds is 67. The summed E-state index contributed by atoms with van der Waals surface area (Å²) in [6.07, 6.45) is 42.9. The van der Waals surface area contributed by atoms with E-state index in [9.17, 15) is 43.2 Å². The Morgan fingerprint density at radius 1 is 0.330 bits per heavy atom. The Morgan fingerprint density at radius 3 is 0.864 bits per heavy atom. The van der Waals surface area contributed by atoms with Gasteiger partial charge in [-0.2, -0.15) is 0 Å². The molecule has 0 fully saturated rings. The molecule has 0 aromatic rings. The van der Waals surface area contributed by atoms with Crippen LogP contribution in [-0.4, -0.2) is 96.7 Å². The molecule has 522 valence electrons. The summed E-state index contributed by atoms with van der Waals surface area (Å²) in [4.78, 5) is 72.5. The number of esters is 4. The van der Waals surface area contributed by atoms with Crippen molar-refractivity contribution in [1.82, 2.24) is 0 Å². The predicted molar refractivity (Wildman–Crippen MR) is 354 cm³/mol. The number of unbranched alkanes of at least 4 members (excludes halogenated alkanes) is 34. The van der Waals surface area contributed by atoms with Gasteiger partial charge < -0.3 is 33.8 Å². The first-order chi connectivity index (χ1) is 42.3. The van der Waals surface area contributed by atoms with Crippen molar-refractivity contribution in [3.8, 4) is 0 Å². The van der Waals surface area contributed by atoms with Crippen molar-refractivity contribution < 1.29 is 80.2 Å². The number of aliphatic hydroxyl groups excluding tert-OH is 1. The van der Waals surface area contributed by atoms with Gasteiger partial charge in [0.1, 0.15) is 19.3 Å². The second kappa shape index (κ2) is 60.0. The van der Waals surface area contributed by atoms with Crippen molar-refractivity contribution in [3.63, 3.8) is 0 Å². The lowest BCUT2D eigenvalue weighted by atomic mass is 9.99. The van der Waals surface area contributed by atoms with Crippen molar-refractivity contribution in [2.45, 2.75) is 362 Å². The minimum atomic E-state index is -4.95. The Morgan fingerprint density at radius 2 is 0.580 bits per heavy atom. The van der Waals surface area contributed by atoms with Gasteiger partial charge in [-0.3, -0.25) is 37.3 Å². The average Bonchev–Trinajstić information content (AvgIpc) is 3.59. The van der Waals surface area contributed by atoms with Crippen LogP contribution in [0.25, 0.3) is 0 Å². The molecule has 3 N–H and O–H groups in total. The van der Waals surface area contributed by atoms with E-state index in [-0.39, 0.29) is 25.7 Å². The summed E-state index contributed by atoms with van der Waals surface area (Å²) in [5, 5.41) is 10.6. The minimum absolute atomic E-state index is 0.104. The summed E-state index contributed by atoms with van der Waals surface area (Å²) in [7, 11) is -9.90. The average molecular weight is 1300 g/mol. The van der Waals surface area contributed by atoms with E-state index < -0.39 is 97.5 Å². The molecule has 0 amide bonds. The number of carbonyl (C=O) groups excluding carboxylic acids is 4. The topological polar surface area (TPSA) is 237 Å². The van der Waals surface area contributed by atoms with Gasteiger partial charge in [-0.15, -0.1) is 0 Å². The summed E-state index contributed by atoms with van der Waals surface area (Å²) >= 11 is 0. The van der Waals surface area contributed by atoms with E-state index >= 15 is 0 Å². The van der Waals surface area contributed by atoms with Crippen LogP contribution >= 0.6 is 15.6 Å². The third-order valence-electron chi connectivity index (χ3n) is 16.2. The molecule has 19 heteroatoms. The maximum atomic E-state index is 13.0. The van der Waals surface area contributed by atoms with Crippen LogP contribution in [0.5, 0.6) is 0 Å². The standard InChI is InChI=1S/C69H134O17P2/c1-8-10-11-12-13-14-15-21-29-36-43-50-66(71)79-57-65(86-69(74)53-46-39-32-25-24-27-34-41-48-61(5)6)59-84-88(77,78)82-55-63(70)54-81-87(75,76)83-58-64(56-80-67(72)51-44-37-30-23-18-19-26-33-40-47-60(3)4)85-68(73)52-45-38-31-22-17-16-20-28-35-42-49-62(7)9-2/h60-65,70H,8-59H2,1-7H3,(H,75,76)(H,77,78)/t62?,63-,64-,65-/m1/s1. The van der Waals surface area contributed by atoms with E-state index in [0.29, 0.717) is 25.7 Å². The quantitative estimate of drug-likeness (QED) is 0.0222. The van der Waals surface area contributed by atoms with Crippen LogP contribution in [-0.2, 0) is 65.4 Å². The van der Waals surface area contributed by atoms with Crippen molar-refractivity contribution in [2.24, 2.45) is 17.8 Å². The molecule has 0 aliphatic rings. The highest BCUT2D eigenvalue weighted by Crippen LogP contribution is 2.45. The van der Waals surface area contributed by atoms with E-state index in [1.165, 1.54) is 154 Å². The van der Waals surface area contributed by atoms with E-state index in [1.807, 2.05) is 0 Å². The Balaban J connectivity index is 5.26. The zero-order valence-corrected chi connectivity index (χ0v) is 59.0. The molecule has 88 heavy (non-hydrogen) atoms. The van der Waals surface area contributed by atoms with E-state index in [1.54, 1.807) is 0 Å². The highest BCUT2D eigenvalue weighted by atomic mass is 31.2. The Kier molecular flexibility index (Phi) is 58.7. The Hall–Kier alpha value is -1.94. The summed E-state index contributed by atoms with van der Waals surface area (Å²) < 4.78 is 68.2. The van der Waals surface area contributed by atoms with Crippen LogP contribution in [0.2, 0.25) is 0 Å².